The fourth-order valence-electron chi connectivity index (χ4n) is 4.21. The highest BCUT2D eigenvalue weighted by molar-refractivity contribution is 6.30. The standard InChI is InChI=1S/C21H28ClN7O3/c1-13(26-17-11-25-27-19(30)14(17)2)12-32-18-5-8-29(20(18)31)16-3-6-28(7-4-16)21-23-9-15(22)10-24-21/h9-11,13,16,18H,3-8,12H2,1-2H3,(H2,26,27,30)/t13-,18+/m0/s1. The van der Waals surface area contributed by atoms with Gasteiger partial charge in [0.05, 0.1) is 35.9 Å². The van der Waals surface area contributed by atoms with Gasteiger partial charge < -0.3 is 19.9 Å². The maximum absolute atomic E-state index is 12.9. The second-order valence-corrected chi connectivity index (χ2v) is 8.78. The number of aromatic amines is 1. The molecule has 32 heavy (non-hydrogen) atoms. The van der Waals surface area contributed by atoms with E-state index in [0.29, 0.717) is 41.8 Å². The highest BCUT2D eigenvalue weighted by atomic mass is 35.5. The molecule has 0 unspecified atom stereocenters. The van der Waals surface area contributed by atoms with Crippen LogP contribution < -0.4 is 15.8 Å². The normalized spacial score (nSPS) is 20.6. The summed E-state index contributed by atoms with van der Waals surface area (Å²) >= 11 is 5.87. The molecule has 10 nitrogen and oxygen atoms in total. The molecule has 2 N–H and O–H groups in total. The molecule has 2 aromatic heterocycles. The second-order valence-electron chi connectivity index (χ2n) is 8.34. The van der Waals surface area contributed by atoms with Crippen LogP contribution in [0.1, 0.15) is 31.7 Å². The highest BCUT2D eigenvalue weighted by Crippen LogP contribution is 2.25. The monoisotopic (exact) mass is 461 g/mol. The number of piperidine rings is 1. The Morgan fingerprint density at radius 2 is 1.91 bits per heavy atom. The molecular formula is C21H28ClN7O3. The quantitative estimate of drug-likeness (QED) is 0.638. The number of ether oxygens (including phenoxy) is 1. The molecule has 2 aromatic rings. The van der Waals surface area contributed by atoms with Crippen LogP contribution >= 0.6 is 11.6 Å². The molecule has 172 valence electrons. The van der Waals surface area contributed by atoms with Crippen LogP contribution in [0.4, 0.5) is 11.6 Å². The average Bonchev–Trinajstić information content (AvgIpc) is 3.16. The largest absolute Gasteiger partial charge is 0.379 e. The number of anilines is 2. The molecule has 0 radical (unpaired) electrons. The molecule has 0 saturated carbocycles. The first-order valence-corrected chi connectivity index (χ1v) is 11.3. The Labute approximate surface area is 191 Å². The van der Waals surface area contributed by atoms with Crippen molar-refractivity contribution in [3.8, 4) is 0 Å². The van der Waals surface area contributed by atoms with Crippen LogP contribution in [-0.2, 0) is 9.53 Å². The van der Waals surface area contributed by atoms with Gasteiger partial charge in [-0.25, -0.2) is 15.1 Å². The maximum atomic E-state index is 12.9. The Kier molecular flexibility index (Phi) is 6.90. The van der Waals surface area contributed by atoms with Crippen LogP contribution in [0.3, 0.4) is 0 Å². The van der Waals surface area contributed by atoms with Crippen molar-refractivity contribution in [2.45, 2.75) is 51.3 Å². The molecule has 4 rings (SSSR count). The predicted octanol–water partition coefficient (Wildman–Crippen LogP) is 1.61. The fraction of sp³-hybridized carbons (Fsp3) is 0.571. The molecule has 4 heterocycles. The van der Waals surface area contributed by atoms with Crippen molar-refractivity contribution in [1.29, 1.82) is 0 Å². The lowest BCUT2D eigenvalue weighted by atomic mass is 10.0. The van der Waals surface area contributed by atoms with Crippen LogP contribution in [0.15, 0.2) is 23.4 Å². The Balaban J connectivity index is 1.25. The first-order valence-electron chi connectivity index (χ1n) is 10.9. The second kappa shape index (κ2) is 9.83. The lowest BCUT2D eigenvalue weighted by Crippen LogP contribution is -2.47. The minimum absolute atomic E-state index is 0.0624. The number of hydrogen-bond donors (Lipinski definition) is 2. The van der Waals surface area contributed by atoms with E-state index in [-0.39, 0.29) is 23.6 Å². The van der Waals surface area contributed by atoms with E-state index >= 15 is 0 Å². The van der Waals surface area contributed by atoms with Crippen LogP contribution in [0.25, 0.3) is 0 Å². The number of rotatable bonds is 7. The van der Waals surface area contributed by atoms with Gasteiger partial charge in [0.1, 0.15) is 6.10 Å². The lowest BCUT2D eigenvalue weighted by Gasteiger charge is -2.36. The number of H-pyrrole nitrogens is 1. The molecule has 0 aliphatic carbocycles. The third kappa shape index (κ3) is 5.02. The minimum atomic E-state index is -0.421. The summed E-state index contributed by atoms with van der Waals surface area (Å²) in [6, 6.07) is 0.140. The summed E-state index contributed by atoms with van der Waals surface area (Å²) in [4.78, 5) is 37.3. The molecule has 2 atom stereocenters. The number of aromatic nitrogens is 4. The zero-order valence-corrected chi connectivity index (χ0v) is 19.0. The van der Waals surface area contributed by atoms with E-state index in [9.17, 15) is 9.59 Å². The van der Waals surface area contributed by atoms with Gasteiger partial charge in [0.15, 0.2) is 0 Å². The van der Waals surface area contributed by atoms with E-state index in [1.807, 2.05) is 11.8 Å². The Bertz CT molecular complexity index is 992. The molecule has 2 saturated heterocycles. The number of carbonyl (C=O) groups is 1. The number of halogens is 1. The summed E-state index contributed by atoms with van der Waals surface area (Å²) in [7, 11) is 0. The molecule has 1 amide bonds. The summed E-state index contributed by atoms with van der Waals surface area (Å²) < 4.78 is 5.94. The zero-order valence-electron chi connectivity index (χ0n) is 18.3. The van der Waals surface area contributed by atoms with Crippen molar-refractivity contribution >= 4 is 29.1 Å². The van der Waals surface area contributed by atoms with Gasteiger partial charge in [0, 0.05) is 43.7 Å². The summed E-state index contributed by atoms with van der Waals surface area (Å²) in [5.41, 5.74) is 1.02. The molecule has 2 fully saturated rings. The van der Waals surface area contributed by atoms with E-state index in [0.717, 1.165) is 25.9 Å². The Hall–Kier alpha value is -2.72. The molecule has 2 aliphatic rings. The third-order valence-corrected chi connectivity index (χ3v) is 6.23. The fourth-order valence-corrected chi connectivity index (χ4v) is 4.31. The van der Waals surface area contributed by atoms with E-state index in [1.54, 1.807) is 25.5 Å². The van der Waals surface area contributed by atoms with E-state index in [4.69, 9.17) is 16.3 Å². The zero-order chi connectivity index (χ0) is 22.7. The predicted molar refractivity (Wildman–Crippen MR) is 121 cm³/mol. The molecular weight excluding hydrogens is 434 g/mol. The SMILES string of the molecule is Cc1c(N[C@@H](C)CO[C@@H]2CCN(C3CCN(c4ncc(Cl)cn4)CC3)C2=O)cn[nH]c1=O. The molecule has 0 aromatic carbocycles. The van der Waals surface area contributed by atoms with Crippen LogP contribution in [0.5, 0.6) is 0 Å². The van der Waals surface area contributed by atoms with Crippen LogP contribution in [-0.4, -0.2) is 75.4 Å². The topological polar surface area (TPSA) is 116 Å². The van der Waals surface area contributed by atoms with Gasteiger partial charge in [0.2, 0.25) is 5.95 Å². The van der Waals surface area contributed by atoms with Crippen molar-refractivity contribution in [1.82, 2.24) is 25.1 Å². The van der Waals surface area contributed by atoms with Crippen molar-refractivity contribution in [2.24, 2.45) is 0 Å². The Morgan fingerprint density at radius 1 is 1.19 bits per heavy atom. The lowest BCUT2D eigenvalue weighted by molar-refractivity contribution is -0.139. The summed E-state index contributed by atoms with van der Waals surface area (Å²) in [5, 5.41) is 9.97. The minimum Gasteiger partial charge on any atom is -0.379 e. The van der Waals surface area contributed by atoms with Gasteiger partial charge in [-0.2, -0.15) is 5.10 Å². The van der Waals surface area contributed by atoms with Gasteiger partial charge in [0.25, 0.3) is 11.5 Å². The van der Waals surface area contributed by atoms with E-state index in [2.05, 4.69) is 30.4 Å². The number of likely N-dealkylation sites (tertiary alicyclic amines) is 1. The summed E-state index contributed by atoms with van der Waals surface area (Å²) in [5.74, 6) is 0.738. The first-order chi connectivity index (χ1) is 15.4. The third-order valence-electron chi connectivity index (χ3n) is 6.04. The number of nitrogens with one attached hydrogen (secondary N) is 2. The molecule has 0 bridgehead atoms. The van der Waals surface area contributed by atoms with Gasteiger partial charge in [-0.1, -0.05) is 11.6 Å². The van der Waals surface area contributed by atoms with Crippen molar-refractivity contribution in [2.75, 3.05) is 36.5 Å². The van der Waals surface area contributed by atoms with Gasteiger partial charge in [-0.3, -0.25) is 9.59 Å². The first kappa shape index (κ1) is 22.5. The summed E-state index contributed by atoms with van der Waals surface area (Å²) in [6.45, 7) is 6.36. The molecule has 2 aliphatic heterocycles. The van der Waals surface area contributed by atoms with Gasteiger partial charge in [-0.15, -0.1) is 0 Å². The average molecular weight is 462 g/mol. The number of nitrogens with zero attached hydrogens (tertiary/aromatic N) is 5. The van der Waals surface area contributed by atoms with Crippen molar-refractivity contribution in [3.05, 3.63) is 39.5 Å². The smallest absolute Gasteiger partial charge is 0.269 e. The highest BCUT2D eigenvalue weighted by Gasteiger charge is 2.38. The number of hydrogen-bond acceptors (Lipinski definition) is 8. The van der Waals surface area contributed by atoms with E-state index < -0.39 is 6.10 Å². The van der Waals surface area contributed by atoms with Crippen LogP contribution in [0.2, 0.25) is 5.02 Å². The van der Waals surface area contributed by atoms with Crippen molar-refractivity contribution < 1.29 is 9.53 Å². The number of carbonyl (C=O) groups excluding carboxylic acids is 1. The van der Waals surface area contributed by atoms with Gasteiger partial charge in [-0.05, 0) is 26.7 Å². The van der Waals surface area contributed by atoms with E-state index in [1.165, 1.54) is 0 Å². The maximum Gasteiger partial charge on any atom is 0.269 e. The van der Waals surface area contributed by atoms with Crippen molar-refractivity contribution in [3.63, 3.8) is 0 Å². The number of amides is 1. The van der Waals surface area contributed by atoms with Crippen LogP contribution in [0, 0.1) is 6.92 Å². The Morgan fingerprint density at radius 3 is 2.62 bits per heavy atom. The molecule has 0 spiro atoms. The summed E-state index contributed by atoms with van der Waals surface area (Å²) in [6.07, 6.45) is 6.80. The van der Waals surface area contributed by atoms with Gasteiger partial charge >= 0.3 is 0 Å². The molecule has 11 heteroatoms.